The number of carboxylic acids is 1. The summed E-state index contributed by atoms with van der Waals surface area (Å²) in [5.74, 6) is -2.08. The van der Waals surface area contributed by atoms with Gasteiger partial charge in [-0.1, -0.05) is 26.8 Å². The maximum absolute atomic E-state index is 13.6. The highest BCUT2D eigenvalue weighted by molar-refractivity contribution is 6.00. The number of aromatic carboxylic acids is 1. The summed E-state index contributed by atoms with van der Waals surface area (Å²) in [7, 11) is 0. The molecule has 0 aliphatic rings. The zero-order valence-corrected chi connectivity index (χ0v) is 11.8. The number of carboxylic acid groups (broad SMARTS) is 1. The van der Waals surface area contributed by atoms with E-state index >= 15 is 0 Å². The summed E-state index contributed by atoms with van der Waals surface area (Å²) in [4.78, 5) is 22.6. The minimum absolute atomic E-state index is 0.0670. The fraction of sp³-hybridized carbons (Fsp3) is 0.429. The molecule has 0 bridgehead atoms. The van der Waals surface area contributed by atoms with Gasteiger partial charge in [-0.2, -0.15) is 0 Å². The van der Waals surface area contributed by atoms with E-state index < -0.39 is 17.8 Å². The molecule has 1 aromatic rings. The van der Waals surface area contributed by atoms with E-state index in [9.17, 15) is 14.0 Å². The summed E-state index contributed by atoms with van der Waals surface area (Å²) in [5, 5.41) is 13.8. The van der Waals surface area contributed by atoms with Gasteiger partial charge < -0.3 is 15.7 Å². The van der Waals surface area contributed by atoms with Gasteiger partial charge >= 0.3 is 12.0 Å². The van der Waals surface area contributed by atoms with Crippen LogP contribution in [-0.4, -0.2) is 23.7 Å². The van der Waals surface area contributed by atoms with Crippen LogP contribution in [-0.2, 0) is 0 Å². The first-order valence-corrected chi connectivity index (χ1v) is 6.27. The van der Waals surface area contributed by atoms with Crippen LogP contribution in [0.1, 0.15) is 37.6 Å². The standard InChI is InChI=1S/C14H19FN2O3/c1-14(2,3)7-8-16-13(20)17-11-9(12(18)19)5-4-6-10(11)15/h4-6H,7-8H2,1-3H3,(H,18,19)(H2,16,17,20). The van der Waals surface area contributed by atoms with Gasteiger partial charge in [-0.3, -0.25) is 0 Å². The Morgan fingerprint density at radius 2 is 1.95 bits per heavy atom. The van der Waals surface area contributed by atoms with Crippen LogP contribution in [0, 0.1) is 11.2 Å². The molecule has 0 spiro atoms. The SMILES string of the molecule is CC(C)(C)CCNC(=O)Nc1c(F)cccc1C(=O)O. The van der Waals surface area contributed by atoms with Crippen LogP contribution in [0.15, 0.2) is 18.2 Å². The van der Waals surface area contributed by atoms with Gasteiger partial charge in [0.05, 0.1) is 11.3 Å². The molecule has 3 N–H and O–H groups in total. The molecule has 1 aromatic carbocycles. The van der Waals surface area contributed by atoms with Gasteiger partial charge in [-0.25, -0.2) is 14.0 Å². The van der Waals surface area contributed by atoms with Gasteiger partial charge in [-0.15, -0.1) is 0 Å². The van der Waals surface area contributed by atoms with E-state index in [0.29, 0.717) is 6.54 Å². The predicted molar refractivity (Wildman–Crippen MR) is 74.5 cm³/mol. The van der Waals surface area contributed by atoms with Gasteiger partial charge in [0, 0.05) is 6.54 Å². The van der Waals surface area contributed by atoms with Gasteiger partial charge in [0.2, 0.25) is 0 Å². The van der Waals surface area contributed by atoms with E-state index in [1.54, 1.807) is 0 Å². The molecule has 20 heavy (non-hydrogen) atoms. The molecule has 0 heterocycles. The molecule has 5 nitrogen and oxygen atoms in total. The van der Waals surface area contributed by atoms with Crippen LogP contribution in [0.2, 0.25) is 0 Å². The van der Waals surface area contributed by atoms with Crippen LogP contribution in [0.25, 0.3) is 0 Å². The molecule has 110 valence electrons. The maximum atomic E-state index is 13.6. The number of halogens is 1. The van der Waals surface area contributed by atoms with Crippen molar-refractivity contribution in [1.29, 1.82) is 0 Å². The van der Waals surface area contributed by atoms with Crippen molar-refractivity contribution in [2.75, 3.05) is 11.9 Å². The Morgan fingerprint density at radius 3 is 2.50 bits per heavy atom. The second-order valence-electron chi connectivity index (χ2n) is 5.66. The highest BCUT2D eigenvalue weighted by Crippen LogP contribution is 2.20. The molecule has 0 atom stereocenters. The van der Waals surface area contributed by atoms with Crippen molar-refractivity contribution in [3.63, 3.8) is 0 Å². The molecule has 0 aliphatic carbocycles. The van der Waals surface area contributed by atoms with Crippen molar-refractivity contribution in [2.24, 2.45) is 5.41 Å². The Bertz CT molecular complexity index is 510. The molecule has 0 saturated heterocycles. The smallest absolute Gasteiger partial charge is 0.337 e. The number of hydrogen-bond donors (Lipinski definition) is 3. The van der Waals surface area contributed by atoms with Crippen molar-refractivity contribution in [3.8, 4) is 0 Å². The van der Waals surface area contributed by atoms with Gasteiger partial charge in [0.1, 0.15) is 5.82 Å². The lowest BCUT2D eigenvalue weighted by Gasteiger charge is -2.18. The highest BCUT2D eigenvalue weighted by atomic mass is 19.1. The van der Waals surface area contributed by atoms with Crippen LogP contribution in [0.4, 0.5) is 14.9 Å². The number of carbonyl (C=O) groups excluding carboxylic acids is 1. The summed E-state index contributed by atoms with van der Waals surface area (Å²) >= 11 is 0. The summed E-state index contributed by atoms with van der Waals surface area (Å²) in [6.45, 7) is 6.52. The van der Waals surface area contributed by atoms with Crippen molar-refractivity contribution in [1.82, 2.24) is 5.32 Å². The Labute approximate surface area is 117 Å². The van der Waals surface area contributed by atoms with Crippen LogP contribution >= 0.6 is 0 Å². The average molecular weight is 282 g/mol. The molecular formula is C14H19FN2O3. The number of carbonyl (C=O) groups is 2. The normalized spacial score (nSPS) is 11.0. The lowest BCUT2D eigenvalue weighted by Crippen LogP contribution is -2.32. The molecule has 0 fully saturated rings. The molecule has 2 amide bonds. The Kier molecular flexibility index (Phi) is 5.07. The van der Waals surface area contributed by atoms with Crippen molar-refractivity contribution in [2.45, 2.75) is 27.2 Å². The predicted octanol–water partition coefficient (Wildman–Crippen LogP) is 3.08. The Morgan fingerprint density at radius 1 is 1.30 bits per heavy atom. The average Bonchev–Trinajstić information content (AvgIpc) is 2.29. The fourth-order valence-electron chi connectivity index (χ4n) is 1.54. The minimum Gasteiger partial charge on any atom is -0.478 e. The highest BCUT2D eigenvalue weighted by Gasteiger charge is 2.17. The number of para-hydroxylation sites is 1. The largest absolute Gasteiger partial charge is 0.478 e. The third-order valence-electron chi connectivity index (χ3n) is 2.64. The van der Waals surface area contributed by atoms with E-state index in [1.807, 2.05) is 20.8 Å². The van der Waals surface area contributed by atoms with E-state index in [-0.39, 0.29) is 16.7 Å². The second kappa shape index (κ2) is 6.36. The van der Waals surface area contributed by atoms with Gasteiger partial charge in [-0.05, 0) is 24.0 Å². The Hall–Kier alpha value is -2.11. The zero-order valence-electron chi connectivity index (χ0n) is 11.8. The first-order chi connectivity index (χ1) is 9.20. The summed E-state index contributed by atoms with van der Waals surface area (Å²) in [6, 6.07) is 2.98. The zero-order chi connectivity index (χ0) is 15.3. The number of benzene rings is 1. The lowest BCUT2D eigenvalue weighted by atomic mass is 9.92. The molecule has 0 unspecified atom stereocenters. The first kappa shape index (κ1) is 15.9. The van der Waals surface area contributed by atoms with Crippen molar-refractivity contribution < 1.29 is 19.1 Å². The quantitative estimate of drug-likeness (QED) is 0.794. The topological polar surface area (TPSA) is 78.4 Å². The number of anilines is 1. The van der Waals surface area contributed by atoms with E-state index in [1.165, 1.54) is 12.1 Å². The lowest BCUT2D eigenvalue weighted by molar-refractivity contribution is 0.0697. The Balaban J connectivity index is 2.69. The van der Waals surface area contributed by atoms with E-state index in [0.717, 1.165) is 12.5 Å². The van der Waals surface area contributed by atoms with Crippen LogP contribution in [0.3, 0.4) is 0 Å². The first-order valence-electron chi connectivity index (χ1n) is 6.27. The van der Waals surface area contributed by atoms with Crippen molar-refractivity contribution >= 4 is 17.7 Å². The number of nitrogens with one attached hydrogen (secondary N) is 2. The van der Waals surface area contributed by atoms with E-state index in [4.69, 9.17) is 5.11 Å². The molecule has 0 aromatic heterocycles. The third-order valence-corrected chi connectivity index (χ3v) is 2.64. The summed E-state index contributed by atoms with van der Waals surface area (Å²) in [5.41, 5.74) is -0.540. The van der Waals surface area contributed by atoms with Crippen LogP contribution < -0.4 is 10.6 Å². The van der Waals surface area contributed by atoms with E-state index in [2.05, 4.69) is 10.6 Å². The maximum Gasteiger partial charge on any atom is 0.337 e. The van der Waals surface area contributed by atoms with Gasteiger partial charge in [0.25, 0.3) is 0 Å². The molecule has 1 rings (SSSR count). The van der Waals surface area contributed by atoms with Crippen LogP contribution in [0.5, 0.6) is 0 Å². The molecule has 6 heteroatoms. The molecule has 0 aliphatic heterocycles. The minimum atomic E-state index is -1.30. The number of amides is 2. The molecule has 0 saturated carbocycles. The molecule has 0 radical (unpaired) electrons. The molecular weight excluding hydrogens is 263 g/mol. The fourth-order valence-corrected chi connectivity index (χ4v) is 1.54. The third kappa shape index (κ3) is 4.87. The number of rotatable bonds is 4. The van der Waals surface area contributed by atoms with Gasteiger partial charge in [0.15, 0.2) is 0 Å². The number of urea groups is 1. The number of hydrogen-bond acceptors (Lipinski definition) is 2. The summed E-state index contributed by atoms with van der Waals surface area (Å²) in [6.07, 6.45) is 0.753. The van der Waals surface area contributed by atoms with Crippen molar-refractivity contribution in [3.05, 3.63) is 29.6 Å². The monoisotopic (exact) mass is 282 g/mol. The summed E-state index contributed by atoms with van der Waals surface area (Å²) < 4.78 is 13.6. The second-order valence-corrected chi connectivity index (χ2v) is 5.66.